The van der Waals surface area contributed by atoms with Gasteiger partial charge in [0, 0.05) is 30.5 Å². The van der Waals surface area contributed by atoms with Gasteiger partial charge in [-0.05, 0) is 50.4 Å². The quantitative estimate of drug-likeness (QED) is 0.788. The van der Waals surface area contributed by atoms with Crippen LogP contribution in [0.1, 0.15) is 62.4 Å². The van der Waals surface area contributed by atoms with E-state index in [-0.39, 0.29) is 12.0 Å². The normalized spacial score (nSPS) is 27.8. The molecule has 2 heterocycles. The van der Waals surface area contributed by atoms with Crippen molar-refractivity contribution >= 4 is 0 Å². The second-order valence-corrected chi connectivity index (χ2v) is 7.66. The largest absolute Gasteiger partial charge is 0.396 e. The van der Waals surface area contributed by atoms with E-state index >= 15 is 0 Å². The van der Waals surface area contributed by atoms with Crippen molar-refractivity contribution in [2.45, 2.75) is 51.7 Å². The molecule has 25 heavy (non-hydrogen) atoms. The first-order valence-electron chi connectivity index (χ1n) is 8.82. The van der Waals surface area contributed by atoms with Crippen molar-refractivity contribution in [2.75, 3.05) is 6.61 Å². The minimum absolute atomic E-state index is 0.173. The van der Waals surface area contributed by atoms with Crippen molar-refractivity contribution < 1.29 is 14.7 Å². The first-order chi connectivity index (χ1) is 12.0. The summed E-state index contributed by atoms with van der Waals surface area (Å²) < 4.78 is 7.19. The SMILES string of the molecule is C[C@H](O)c1nccn1Cc1cc(C#CC23CC(CCCO)(C2)C3)on1. The highest BCUT2D eigenvalue weighted by molar-refractivity contribution is 5.36. The van der Waals surface area contributed by atoms with Gasteiger partial charge in [-0.3, -0.25) is 0 Å². The Morgan fingerprint density at radius 1 is 1.40 bits per heavy atom. The van der Waals surface area contributed by atoms with Gasteiger partial charge in [-0.1, -0.05) is 11.1 Å². The minimum Gasteiger partial charge on any atom is -0.396 e. The van der Waals surface area contributed by atoms with Crippen molar-refractivity contribution in [3.05, 3.63) is 35.7 Å². The average Bonchev–Trinajstić information content (AvgIpc) is 3.14. The van der Waals surface area contributed by atoms with Crippen LogP contribution < -0.4 is 0 Å². The molecule has 3 aliphatic carbocycles. The van der Waals surface area contributed by atoms with Gasteiger partial charge in [0.15, 0.2) is 0 Å². The fraction of sp³-hybridized carbons (Fsp3) is 0.579. The number of rotatable bonds is 6. The van der Waals surface area contributed by atoms with Gasteiger partial charge in [0.1, 0.15) is 17.6 Å². The number of imidazole rings is 1. The molecule has 2 aromatic rings. The molecule has 0 aromatic carbocycles. The van der Waals surface area contributed by atoms with E-state index in [9.17, 15) is 5.11 Å². The molecule has 6 heteroatoms. The van der Waals surface area contributed by atoms with Crippen molar-refractivity contribution in [2.24, 2.45) is 10.8 Å². The van der Waals surface area contributed by atoms with E-state index in [0.29, 0.717) is 23.5 Å². The molecule has 0 spiro atoms. The van der Waals surface area contributed by atoms with Crippen molar-refractivity contribution in [1.29, 1.82) is 0 Å². The molecule has 2 aromatic heterocycles. The van der Waals surface area contributed by atoms with Crippen LogP contribution in [0.2, 0.25) is 0 Å². The molecular weight excluding hydrogens is 318 g/mol. The second kappa shape index (κ2) is 6.01. The average molecular weight is 341 g/mol. The molecule has 3 saturated carbocycles. The zero-order valence-corrected chi connectivity index (χ0v) is 14.4. The van der Waals surface area contributed by atoms with Gasteiger partial charge in [-0.25, -0.2) is 4.98 Å². The molecular formula is C19H23N3O3. The molecule has 2 N–H and O–H groups in total. The zero-order chi connectivity index (χ0) is 17.5. The Balaban J connectivity index is 1.37. The van der Waals surface area contributed by atoms with Crippen molar-refractivity contribution in [3.63, 3.8) is 0 Å². The van der Waals surface area contributed by atoms with Crippen LogP contribution in [0, 0.1) is 22.7 Å². The highest BCUT2D eigenvalue weighted by atomic mass is 16.5. The lowest BCUT2D eigenvalue weighted by Crippen LogP contribution is -2.60. The number of aliphatic hydroxyl groups is 2. The summed E-state index contributed by atoms with van der Waals surface area (Å²) in [5.41, 5.74) is 1.40. The van der Waals surface area contributed by atoms with Crippen LogP contribution in [-0.2, 0) is 6.54 Å². The molecule has 3 aliphatic rings. The van der Waals surface area contributed by atoms with Crippen molar-refractivity contribution in [3.8, 4) is 11.8 Å². The van der Waals surface area contributed by atoms with Gasteiger partial charge in [0.05, 0.1) is 6.54 Å². The summed E-state index contributed by atoms with van der Waals surface area (Å²) in [6.07, 6.45) is 8.34. The number of nitrogens with zero attached hydrogens (tertiary/aromatic N) is 3. The van der Waals surface area contributed by atoms with Gasteiger partial charge in [-0.2, -0.15) is 0 Å². The lowest BCUT2D eigenvalue weighted by molar-refractivity contribution is -0.168. The summed E-state index contributed by atoms with van der Waals surface area (Å²) in [6, 6.07) is 1.85. The summed E-state index contributed by atoms with van der Waals surface area (Å²) in [4.78, 5) is 4.15. The van der Waals surface area contributed by atoms with E-state index in [2.05, 4.69) is 22.0 Å². The predicted molar refractivity (Wildman–Crippen MR) is 90.4 cm³/mol. The fourth-order valence-corrected chi connectivity index (χ4v) is 4.49. The van der Waals surface area contributed by atoms with Crippen LogP contribution in [0.15, 0.2) is 23.0 Å². The van der Waals surface area contributed by atoms with Crippen LogP contribution in [-0.4, -0.2) is 31.5 Å². The van der Waals surface area contributed by atoms with E-state index in [0.717, 1.165) is 37.8 Å². The molecule has 132 valence electrons. The highest BCUT2D eigenvalue weighted by Gasteiger charge is 2.66. The number of hydrogen-bond acceptors (Lipinski definition) is 5. The van der Waals surface area contributed by atoms with Crippen LogP contribution in [0.25, 0.3) is 0 Å². The molecule has 0 amide bonds. The summed E-state index contributed by atoms with van der Waals surface area (Å²) in [5, 5.41) is 22.7. The molecule has 2 bridgehead atoms. The Hall–Kier alpha value is -2.10. The number of aromatic nitrogens is 3. The van der Waals surface area contributed by atoms with E-state index in [4.69, 9.17) is 9.63 Å². The monoisotopic (exact) mass is 341 g/mol. The van der Waals surface area contributed by atoms with E-state index < -0.39 is 6.10 Å². The first kappa shape index (κ1) is 16.4. The Morgan fingerprint density at radius 2 is 2.20 bits per heavy atom. The maximum atomic E-state index is 9.70. The van der Waals surface area contributed by atoms with Crippen molar-refractivity contribution in [1.82, 2.24) is 14.7 Å². The fourth-order valence-electron chi connectivity index (χ4n) is 4.49. The number of aliphatic hydroxyl groups excluding tert-OH is 2. The van der Waals surface area contributed by atoms with Gasteiger partial charge in [0.25, 0.3) is 0 Å². The molecule has 0 radical (unpaired) electrons. The Morgan fingerprint density at radius 3 is 2.92 bits per heavy atom. The van der Waals surface area contributed by atoms with Gasteiger partial charge in [0.2, 0.25) is 5.76 Å². The van der Waals surface area contributed by atoms with E-state index in [1.54, 1.807) is 13.1 Å². The molecule has 5 rings (SSSR count). The highest BCUT2D eigenvalue weighted by Crippen LogP contribution is 2.74. The van der Waals surface area contributed by atoms with E-state index in [1.165, 1.54) is 0 Å². The Labute approximate surface area is 146 Å². The molecule has 6 nitrogen and oxygen atoms in total. The molecule has 0 saturated heterocycles. The molecule has 3 fully saturated rings. The summed E-state index contributed by atoms with van der Waals surface area (Å²) >= 11 is 0. The maximum absolute atomic E-state index is 9.70. The predicted octanol–water partition coefficient (Wildman–Crippen LogP) is 2.27. The van der Waals surface area contributed by atoms with Crippen LogP contribution in [0.3, 0.4) is 0 Å². The first-order valence-corrected chi connectivity index (χ1v) is 8.82. The Kier molecular flexibility index (Phi) is 3.94. The van der Waals surface area contributed by atoms with Gasteiger partial charge in [-0.15, -0.1) is 0 Å². The third-order valence-corrected chi connectivity index (χ3v) is 5.47. The van der Waals surface area contributed by atoms with E-state index in [1.807, 2.05) is 16.8 Å². The third kappa shape index (κ3) is 2.99. The Bertz CT molecular complexity index is 805. The third-order valence-electron chi connectivity index (χ3n) is 5.47. The van der Waals surface area contributed by atoms with Crippen LogP contribution in [0.5, 0.6) is 0 Å². The topological polar surface area (TPSA) is 84.3 Å². The van der Waals surface area contributed by atoms with Gasteiger partial charge >= 0.3 is 0 Å². The maximum Gasteiger partial charge on any atom is 0.209 e. The molecule has 1 atom stereocenters. The minimum atomic E-state index is -0.622. The van der Waals surface area contributed by atoms with Gasteiger partial charge < -0.3 is 19.3 Å². The zero-order valence-electron chi connectivity index (χ0n) is 14.4. The number of hydrogen-bond donors (Lipinski definition) is 2. The van der Waals surface area contributed by atoms with Crippen LogP contribution >= 0.6 is 0 Å². The second-order valence-electron chi connectivity index (χ2n) is 7.66. The summed E-state index contributed by atoms with van der Waals surface area (Å²) in [5.74, 6) is 7.70. The summed E-state index contributed by atoms with van der Waals surface area (Å²) in [7, 11) is 0. The molecule has 0 aliphatic heterocycles. The molecule has 0 unspecified atom stereocenters. The lowest BCUT2D eigenvalue weighted by Gasteiger charge is -2.69. The summed E-state index contributed by atoms with van der Waals surface area (Å²) in [6.45, 7) is 2.48. The van der Waals surface area contributed by atoms with Crippen LogP contribution in [0.4, 0.5) is 0 Å². The standard InChI is InChI=1S/C19H23N3O3/c1-14(24)17-20-6-7-22(17)10-15-9-16(25-21-15)3-5-19-11-18(12-19,13-19)4-2-8-23/h6-7,9,14,23-24H,2,4,8,10-13H2,1H3/t14-,18?,19?/m0/s1. The smallest absolute Gasteiger partial charge is 0.209 e. The lowest BCUT2D eigenvalue weighted by atomic mass is 9.34.